The van der Waals surface area contributed by atoms with Crippen molar-refractivity contribution in [3.05, 3.63) is 0 Å². The van der Waals surface area contributed by atoms with Gasteiger partial charge in [0.1, 0.15) is 11.6 Å². The zero-order valence-electron chi connectivity index (χ0n) is 11.3. The minimum atomic E-state index is -0.697. The van der Waals surface area contributed by atoms with Gasteiger partial charge in [-0.25, -0.2) is 4.79 Å². The Hall–Kier alpha value is -0.580. The molecule has 0 aromatic carbocycles. The van der Waals surface area contributed by atoms with E-state index in [1.807, 2.05) is 0 Å². The molecule has 0 heterocycles. The molecule has 2 rings (SSSR count). The molecule has 0 radical (unpaired) electrons. The molecule has 1 amide bonds. The van der Waals surface area contributed by atoms with E-state index in [4.69, 9.17) is 4.74 Å². The molecule has 0 aromatic rings. The standard InChI is InChI=1S/C14H22BrNO3/c15-10-12(17)14(8-4-1-5-9-14)16-13(18)19-11-6-2-3-7-11/h11H,1-10H2,(H,16,18). The molecule has 0 unspecified atom stereocenters. The van der Waals surface area contributed by atoms with Crippen molar-refractivity contribution in [1.82, 2.24) is 5.32 Å². The molecule has 2 aliphatic rings. The van der Waals surface area contributed by atoms with Crippen LogP contribution in [-0.2, 0) is 9.53 Å². The topological polar surface area (TPSA) is 55.4 Å². The van der Waals surface area contributed by atoms with E-state index in [1.54, 1.807) is 0 Å². The first-order valence-corrected chi connectivity index (χ1v) is 8.36. The summed E-state index contributed by atoms with van der Waals surface area (Å²) < 4.78 is 5.42. The Morgan fingerprint density at radius 2 is 1.74 bits per heavy atom. The van der Waals surface area contributed by atoms with Crippen LogP contribution >= 0.6 is 15.9 Å². The number of carbonyl (C=O) groups excluding carboxylic acids is 2. The summed E-state index contributed by atoms with van der Waals surface area (Å²) in [5.74, 6) is 0.0653. The van der Waals surface area contributed by atoms with Gasteiger partial charge in [-0.2, -0.15) is 0 Å². The van der Waals surface area contributed by atoms with Gasteiger partial charge in [-0.3, -0.25) is 4.79 Å². The zero-order valence-corrected chi connectivity index (χ0v) is 12.8. The summed E-state index contributed by atoms with van der Waals surface area (Å²) in [5, 5.41) is 3.16. The second-order valence-electron chi connectivity index (χ2n) is 5.64. The molecule has 0 saturated heterocycles. The van der Waals surface area contributed by atoms with E-state index in [0.717, 1.165) is 57.8 Å². The molecule has 108 valence electrons. The lowest BCUT2D eigenvalue weighted by atomic mass is 9.79. The highest BCUT2D eigenvalue weighted by Crippen LogP contribution is 2.30. The largest absolute Gasteiger partial charge is 0.446 e. The lowest BCUT2D eigenvalue weighted by molar-refractivity contribution is -0.124. The van der Waals surface area contributed by atoms with Crippen molar-refractivity contribution >= 4 is 27.8 Å². The molecule has 2 aliphatic carbocycles. The van der Waals surface area contributed by atoms with Gasteiger partial charge < -0.3 is 10.1 Å². The molecule has 5 heteroatoms. The van der Waals surface area contributed by atoms with Gasteiger partial charge in [-0.1, -0.05) is 35.2 Å². The van der Waals surface area contributed by atoms with Gasteiger partial charge >= 0.3 is 6.09 Å². The van der Waals surface area contributed by atoms with Crippen LogP contribution in [0.3, 0.4) is 0 Å². The third kappa shape index (κ3) is 3.71. The maximum absolute atomic E-state index is 12.1. The van der Waals surface area contributed by atoms with Crippen LogP contribution in [0, 0.1) is 0 Å². The fourth-order valence-electron chi connectivity index (χ4n) is 3.14. The van der Waals surface area contributed by atoms with Crippen LogP contribution in [0.5, 0.6) is 0 Å². The van der Waals surface area contributed by atoms with Crippen molar-refractivity contribution in [2.24, 2.45) is 0 Å². The Balaban J connectivity index is 1.94. The molecular formula is C14H22BrNO3. The fourth-order valence-corrected chi connectivity index (χ4v) is 3.68. The van der Waals surface area contributed by atoms with Crippen molar-refractivity contribution in [2.75, 3.05) is 5.33 Å². The number of nitrogens with one attached hydrogen (secondary N) is 1. The quantitative estimate of drug-likeness (QED) is 0.804. The second-order valence-corrected chi connectivity index (χ2v) is 6.20. The Bertz CT molecular complexity index is 334. The van der Waals surface area contributed by atoms with Crippen LogP contribution in [-0.4, -0.2) is 28.8 Å². The number of halogens is 1. The molecule has 2 saturated carbocycles. The highest BCUT2D eigenvalue weighted by Gasteiger charge is 2.40. The van der Waals surface area contributed by atoms with Gasteiger partial charge in [-0.15, -0.1) is 0 Å². The van der Waals surface area contributed by atoms with Crippen LogP contribution in [0.2, 0.25) is 0 Å². The normalized spacial score (nSPS) is 23.0. The lowest BCUT2D eigenvalue weighted by Crippen LogP contribution is -2.56. The first-order valence-electron chi connectivity index (χ1n) is 7.24. The van der Waals surface area contributed by atoms with Gasteiger partial charge in [0.2, 0.25) is 0 Å². The van der Waals surface area contributed by atoms with Gasteiger partial charge in [0.15, 0.2) is 5.78 Å². The Morgan fingerprint density at radius 1 is 1.11 bits per heavy atom. The Labute approximate surface area is 122 Å². The molecular weight excluding hydrogens is 310 g/mol. The van der Waals surface area contributed by atoms with E-state index >= 15 is 0 Å². The summed E-state index contributed by atoms with van der Waals surface area (Å²) in [4.78, 5) is 24.1. The van der Waals surface area contributed by atoms with Crippen LogP contribution in [0.4, 0.5) is 4.79 Å². The van der Waals surface area contributed by atoms with Gasteiger partial charge in [0.25, 0.3) is 0 Å². The number of ketones is 1. The molecule has 0 aliphatic heterocycles. The van der Waals surface area contributed by atoms with Crippen molar-refractivity contribution in [2.45, 2.75) is 69.4 Å². The molecule has 1 N–H and O–H groups in total. The summed E-state index contributed by atoms with van der Waals surface area (Å²) >= 11 is 3.22. The van der Waals surface area contributed by atoms with Crippen LogP contribution in [0.1, 0.15) is 57.8 Å². The van der Waals surface area contributed by atoms with Crippen molar-refractivity contribution in [3.63, 3.8) is 0 Å². The molecule has 0 bridgehead atoms. The molecule has 0 spiro atoms. The Kier molecular flexibility index (Phi) is 5.25. The number of carbonyl (C=O) groups is 2. The predicted octanol–water partition coefficient (Wildman–Crippen LogP) is 3.32. The number of alkyl carbamates (subject to hydrolysis) is 1. The van der Waals surface area contributed by atoms with Crippen molar-refractivity contribution in [3.8, 4) is 0 Å². The molecule has 0 aromatic heterocycles. The van der Waals surface area contributed by atoms with Crippen LogP contribution in [0.15, 0.2) is 0 Å². The smallest absolute Gasteiger partial charge is 0.408 e. The molecule has 4 nitrogen and oxygen atoms in total. The van der Waals surface area contributed by atoms with E-state index in [2.05, 4.69) is 21.2 Å². The summed E-state index contributed by atoms with van der Waals surface area (Å²) in [5.41, 5.74) is -0.697. The fraction of sp³-hybridized carbons (Fsp3) is 0.857. The van der Waals surface area contributed by atoms with E-state index in [9.17, 15) is 9.59 Å². The maximum Gasteiger partial charge on any atom is 0.408 e. The first kappa shape index (κ1) is 14.8. The third-order valence-corrected chi connectivity index (χ3v) is 4.79. The van der Waals surface area contributed by atoms with E-state index in [1.165, 1.54) is 0 Å². The number of ether oxygens (including phenoxy) is 1. The van der Waals surface area contributed by atoms with Gasteiger partial charge in [-0.05, 0) is 38.5 Å². The number of alkyl halides is 1. The first-order chi connectivity index (χ1) is 9.16. The van der Waals surface area contributed by atoms with E-state index < -0.39 is 11.6 Å². The highest BCUT2D eigenvalue weighted by molar-refractivity contribution is 9.09. The van der Waals surface area contributed by atoms with Crippen molar-refractivity contribution < 1.29 is 14.3 Å². The van der Waals surface area contributed by atoms with E-state index in [0.29, 0.717) is 0 Å². The Morgan fingerprint density at radius 3 is 2.32 bits per heavy atom. The van der Waals surface area contributed by atoms with E-state index in [-0.39, 0.29) is 17.2 Å². The molecule has 19 heavy (non-hydrogen) atoms. The number of hydrogen-bond acceptors (Lipinski definition) is 3. The number of rotatable bonds is 4. The lowest BCUT2D eigenvalue weighted by Gasteiger charge is -2.36. The number of amides is 1. The summed E-state index contributed by atoms with van der Waals surface area (Å²) in [6, 6.07) is 0. The average molecular weight is 332 g/mol. The van der Waals surface area contributed by atoms with Crippen LogP contribution < -0.4 is 5.32 Å². The van der Waals surface area contributed by atoms with Crippen LogP contribution in [0.25, 0.3) is 0 Å². The maximum atomic E-state index is 12.1. The molecule has 0 atom stereocenters. The summed E-state index contributed by atoms with van der Waals surface area (Å²) in [7, 11) is 0. The highest BCUT2D eigenvalue weighted by atomic mass is 79.9. The number of hydrogen-bond donors (Lipinski definition) is 1. The number of Topliss-reactive ketones (excluding diaryl/α,β-unsaturated/α-hetero) is 1. The zero-order chi connectivity index (χ0) is 13.7. The SMILES string of the molecule is O=C(NC1(C(=O)CBr)CCCCC1)OC1CCCC1. The average Bonchev–Trinajstić information content (AvgIpc) is 2.91. The van der Waals surface area contributed by atoms with Gasteiger partial charge in [0.05, 0.1) is 5.33 Å². The monoisotopic (exact) mass is 331 g/mol. The summed E-state index contributed by atoms with van der Waals surface area (Å²) in [6.45, 7) is 0. The second kappa shape index (κ2) is 6.73. The third-order valence-electron chi connectivity index (χ3n) is 4.28. The molecule has 2 fully saturated rings. The van der Waals surface area contributed by atoms with Crippen molar-refractivity contribution in [1.29, 1.82) is 0 Å². The minimum absolute atomic E-state index is 0.0414. The van der Waals surface area contributed by atoms with Gasteiger partial charge in [0, 0.05) is 0 Å². The minimum Gasteiger partial charge on any atom is -0.446 e. The summed E-state index contributed by atoms with van der Waals surface area (Å²) in [6.07, 6.45) is 8.37. The predicted molar refractivity (Wildman–Crippen MR) is 76.5 cm³/mol.